The van der Waals surface area contributed by atoms with Crippen LogP contribution in [0.25, 0.3) is 0 Å². The fourth-order valence-corrected chi connectivity index (χ4v) is 5.16. The minimum Gasteiger partial charge on any atom is -0.272 e. The Morgan fingerprint density at radius 2 is 2.05 bits per heavy atom. The maximum Gasteiger partial charge on any atom is 0.212 e. The predicted molar refractivity (Wildman–Crippen MR) is 82.4 cm³/mol. The molecule has 118 valence electrons. The Kier molecular flexibility index (Phi) is 4.36. The summed E-state index contributed by atoms with van der Waals surface area (Å²) >= 11 is 0. The molecule has 1 aromatic rings. The van der Waals surface area contributed by atoms with Crippen LogP contribution in [-0.2, 0) is 23.5 Å². The van der Waals surface area contributed by atoms with Crippen LogP contribution in [0.5, 0.6) is 0 Å². The van der Waals surface area contributed by atoms with Crippen molar-refractivity contribution in [1.29, 1.82) is 0 Å². The third-order valence-corrected chi connectivity index (χ3v) is 6.38. The van der Waals surface area contributed by atoms with E-state index in [1.54, 1.807) is 0 Å². The molecule has 1 atom stereocenters. The first kappa shape index (κ1) is 15.0. The van der Waals surface area contributed by atoms with Gasteiger partial charge in [0, 0.05) is 18.3 Å². The molecule has 1 N–H and O–H groups in total. The molecule has 0 saturated heterocycles. The highest BCUT2D eigenvalue weighted by Gasteiger charge is 2.27. The summed E-state index contributed by atoms with van der Waals surface area (Å²) in [4.78, 5) is 0. The molecular formula is C15H25N3O2S. The van der Waals surface area contributed by atoms with E-state index in [0.717, 1.165) is 31.2 Å². The van der Waals surface area contributed by atoms with Crippen molar-refractivity contribution in [3.63, 3.8) is 0 Å². The van der Waals surface area contributed by atoms with E-state index in [9.17, 15) is 8.42 Å². The highest BCUT2D eigenvalue weighted by Crippen LogP contribution is 2.31. The van der Waals surface area contributed by atoms with Crippen LogP contribution in [0.2, 0.25) is 0 Å². The predicted octanol–water partition coefficient (Wildman–Crippen LogP) is 2.30. The summed E-state index contributed by atoms with van der Waals surface area (Å²) in [6, 6.07) is -0.0870. The van der Waals surface area contributed by atoms with Crippen molar-refractivity contribution in [3.05, 3.63) is 17.5 Å². The molecule has 0 radical (unpaired) electrons. The monoisotopic (exact) mass is 311 g/mol. The summed E-state index contributed by atoms with van der Waals surface area (Å²) in [6.45, 7) is 0. The minimum absolute atomic E-state index is 0.0870. The van der Waals surface area contributed by atoms with Gasteiger partial charge in [0.05, 0.1) is 18.0 Å². The maximum absolute atomic E-state index is 12.3. The molecule has 6 heteroatoms. The van der Waals surface area contributed by atoms with Crippen LogP contribution in [0, 0.1) is 5.92 Å². The van der Waals surface area contributed by atoms with Crippen molar-refractivity contribution in [2.24, 2.45) is 13.0 Å². The van der Waals surface area contributed by atoms with Crippen LogP contribution in [0.4, 0.5) is 0 Å². The zero-order valence-electron chi connectivity index (χ0n) is 12.7. The van der Waals surface area contributed by atoms with Gasteiger partial charge >= 0.3 is 0 Å². The zero-order valence-corrected chi connectivity index (χ0v) is 13.5. The number of aryl methyl sites for hydroxylation is 1. The van der Waals surface area contributed by atoms with Gasteiger partial charge in [-0.3, -0.25) is 4.68 Å². The molecule has 1 aromatic heterocycles. The molecule has 0 spiro atoms. The van der Waals surface area contributed by atoms with Gasteiger partial charge in [0.15, 0.2) is 0 Å². The van der Waals surface area contributed by atoms with Crippen LogP contribution < -0.4 is 4.72 Å². The van der Waals surface area contributed by atoms with E-state index >= 15 is 0 Å². The van der Waals surface area contributed by atoms with Gasteiger partial charge in [-0.1, -0.05) is 25.7 Å². The normalized spacial score (nSPS) is 23.4. The Morgan fingerprint density at radius 3 is 2.81 bits per heavy atom. The molecule has 1 saturated carbocycles. The Hall–Kier alpha value is -0.880. The molecule has 1 fully saturated rings. The Morgan fingerprint density at radius 1 is 1.29 bits per heavy atom. The number of fused-ring (bicyclic) bond motifs is 1. The maximum atomic E-state index is 12.3. The second-order valence-corrected chi connectivity index (χ2v) is 8.36. The molecule has 0 aromatic carbocycles. The summed E-state index contributed by atoms with van der Waals surface area (Å²) in [5, 5.41) is 4.27. The second-order valence-electron chi connectivity index (χ2n) is 6.49. The number of aromatic nitrogens is 2. The highest BCUT2D eigenvalue weighted by molar-refractivity contribution is 7.89. The SMILES string of the molecule is Cn1ncc2c1CCCC2NS(=O)(=O)CCC1CCCC1. The molecular weight excluding hydrogens is 286 g/mol. The summed E-state index contributed by atoms with van der Waals surface area (Å²) in [5.41, 5.74) is 2.23. The van der Waals surface area contributed by atoms with Crippen LogP contribution in [0.3, 0.4) is 0 Å². The fraction of sp³-hybridized carbons (Fsp3) is 0.800. The number of hydrogen-bond donors (Lipinski definition) is 1. The van der Waals surface area contributed by atoms with Crippen LogP contribution in [0.1, 0.15) is 62.2 Å². The summed E-state index contributed by atoms with van der Waals surface area (Å²) < 4.78 is 29.4. The molecule has 0 aliphatic heterocycles. The standard InChI is InChI=1S/C15H25N3O2S/c1-18-15-8-4-7-14(13(15)11-16-18)17-21(19,20)10-9-12-5-2-3-6-12/h11-12,14,17H,2-10H2,1H3. The van der Waals surface area contributed by atoms with Gasteiger partial charge in [0.2, 0.25) is 10.0 Å². The van der Waals surface area contributed by atoms with Gasteiger partial charge < -0.3 is 0 Å². The first-order valence-corrected chi connectivity index (χ1v) is 9.71. The molecule has 2 aliphatic carbocycles. The van der Waals surface area contributed by atoms with E-state index in [1.807, 2.05) is 17.9 Å². The number of rotatable bonds is 5. The molecule has 0 bridgehead atoms. The van der Waals surface area contributed by atoms with E-state index in [-0.39, 0.29) is 11.8 Å². The zero-order chi connectivity index (χ0) is 14.9. The Balaban J connectivity index is 1.62. The number of nitrogens with zero attached hydrogens (tertiary/aromatic N) is 2. The Labute approximate surface area is 127 Å². The van der Waals surface area contributed by atoms with Crippen molar-refractivity contribution in [3.8, 4) is 0 Å². The van der Waals surface area contributed by atoms with Gasteiger partial charge in [-0.15, -0.1) is 0 Å². The van der Waals surface area contributed by atoms with Crippen LogP contribution >= 0.6 is 0 Å². The topological polar surface area (TPSA) is 64.0 Å². The van der Waals surface area contributed by atoms with Gasteiger partial charge in [0.25, 0.3) is 0 Å². The highest BCUT2D eigenvalue weighted by atomic mass is 32.2. The van der Waals surface area contributed by atoms with E-state index in [4.69, 9.17) is 0 Å². The lowest BCUT2D eigenvalue weighted by atomic mass is 9.94. The van der Waals surface area contributed by atoms with Crippen molar-refractivity contribution in [2.45, 2.75) is 57.4 Å². The molecule has 5 nitrogen and oxygen atoms in total. The van der Waals surface area contributed by atoms with Crippen LogP contribution in [0.15, 0.2) is 6.20 Å². The van der Waals surface area contributed by atoms with Crippen molar-refractivity contribution in [2.75, 3.05) is 5.75 Å². The molecule has 0 amide bonds. The average Bonchev–Trinajstić information content (AvgIpc) is 3.08. The largest absolute Gasteiger partial charge is 0.272 e. The van der Waals surface area contributed by atoms with E-state index in [0.29, 0.717) is 5.92 Å². The lowest BCUT2D eigenvalue weighted by Crippen LogP contribution is -2.33. The number of nitrogens with one attached hydrogen (secondary N) is 1. The third-order valence-electron chi connectivity index (χ3n) is 4.97. The molecule has 2 aliphatic rings. The minimum atomic E-state index is -3.19. The number of hydrogen-bond acceptors (Lipinski definition) is 3. The smallest absolute Gasteiger partial charge is 0.212 e. The molecule has 1 heterocycles. The fourth-order valence-electron chi connectivity index (χ4n) is 3.73. The van der Waals surface area contributed by atoms with Gasteiger partial charge in [0.1, 0.15) is 0 Å². The van der Waals surface area contributed by atoms with Crippen molar-refractivity contribution in [1.82, 2.24) is 14.5 Å². The molecule has 21 heavy (non-hydrogen) atoms. The molecule has 1 unspecified atom stereocenters. The Bertz CT molecular complexity index is 588. The molecule has 3 rings (SSSR count). The summed E-state index contributed by atoms with van der Waals surface area (Å²) in [6.07, 6.45) is 10.4. The van der Waals surface area contributed by atoms with Crippen molar-refractivity contribution >= 4 is 10.0 Å². The summed E-state index contributed by atoms with van der Waals surface area (Å²) in [5.74, 6) is 0.880. The van der Waals surface area contributed by atoms with Crippen molar-refractivity contribution < 1.29 is 8.42 Å². The van der Waals surface area contributed by atoms with E-state index < -0.39 is 10.0 Å². The van der Waals surface area contributed by atoms with E-state index in [1.165, 1.54) is 31.4 Å². The number of sulfonamides is 1. The second kappa shape index (κ2) is 6.08. The first-order valence-electron chi connectivity index (χ1n) is 8.06. The third kappa shape index (κ3) is 3.48. The quantitative estimate of drug-likeness (QED) is 0.907. The van der Waals surface area contributed by atoms with Gasteiger partial charge in [-0.25, -0.2) is 13.1 Å². The summed E-state index contributed by atoms with van der Waals surface area (Å²) in [7, 11) is -1.26. The van der Waals surface area contributed by atoms with Gasteiger partial charge in [-0.2, -0.15) is 5.10 Å². The average molecular weight is 311 g/mol. The lowest BCUT2D eigenvalue weighted by molar-refractivity contribution is 0.486. The van der Waals surface area contributed by atoms with Gasteiger partial charge in [-0.05, 0) is 31.6 Å². The first-order chi connectivity index (χ1) is 10.1. The van der Waals surface area contributed by atoms with Crippen LogP contribution in [-0.4, -0.2) is 24.0 Å². The van der Waals surface area contributed by atoms with E-state index in [2.05, 4.69) is 9.82 Å². The lowest BCUT2D eigenvalue weighted by Gasteiger charge is -2.24.